The van der Waals surface area contributed by atoms with E-state index in [1.165, 1.54) is 44.9 Å². The molecule has 0 aliphatic rings. The molecule has 0 N–H and O–H groups in total. The van der Waals surface area contributed by atoms with Gasteiger partial charge in [-0.15, -0.1) is 0 Å². The second-order valence-corrected chi connectivity index (χ2v) is 3.79. The quantitative estimate of drug-likeness (QED) is 0.290. The first kappa shape index (κ1) is 13.4. The van der Waals surface area contributed by atoms with Gasteiger partial charge in [-0.2, -0.15) is 0 Å². The van der Waals surface area contributed by atoms with Crippen LogP contribution in [0.5, 0.6) is 0 Å². The van der Waals surface area contributed by atoms with E-state index in [2.05, 4.69) is 19.1 Å². The molecule has 0 aromatic heterocycles. The number of hydrogen-bond donors (Lipinski definition) is 0. The lowest BCUT2D eigenvalue weighted by atomic mass is 10.1. The smallest absolute Gasteiger partial charge is 0.119 e. The molecule has 82 valence electrons. The molecule has 0 aliphatic heterocycles. The molecular formula is C13H24O. The molecule has 0 bridgehead atoms. The predicted molar refractivity (Wildman–Crippen MR) is 62.4 cm³/mol. The highest BCUT2D eigenvalue weighted by Gasteiger charge is 1.90. The topological polar surface area (TPSA) is 17.1 Å². The van der Waals surface area contributed by atoms with Crippen LogP contribution in [-0.4, -0.2) is 6.29 Å². The van der Waals surface area contributed by atoms with Crippen LogP contribution in [0.2, 0.25) is 0 Å². The maximum Gasteiger partial charge on any atom is 0.119 e. The lowest BCUT2D eigenvalue weighted by Gasteiger charge is -1.99. The normalized spacial score (nSPS) is 10.9. The van der Waals surface area contributed by atoms with Crippen LogP contribution in [0.4, 0.5) is 0 Å². The summed E-state index contributed by atoms with van der Waals surface area (Å²) in [5.41, 5.74) is 0. The zero-order valence-corrected chi connectivity index (χ0v) is 9.50. The lowest BCUT2D eigenvalue weighted by Crippen LogP contribution is -1.81. The summed E-state index contributed by atoms with van der Waals surface area (Å²) >= 11 is 0. The van der Waals surface area contributed by atoms with Crippen molar-refractivity contribution in [3.05, 3.63) is 12.2 Å². The highest BCUT2D eigenvalue weighted by Crippen LogP contribution is 2.09. The molecular weight excluding hydrogens is 172 g/mol. The van der Waals surface area contributed by atoms with Crippen LogP contribution in [0, 0.1) is 0 Å². The van der Waals surface area contributed by atoms with Gasteiger partial charge in [0.1, 0.15) is 6.29 Å². The summed E-state index contributed by atoms with van der Waals surface area (Å²) in [7, 11) is 0. The maximum atomic E-state index is 10.0. The average Bonchev–Trinajstić information content (AvgIpc) is 2.21. The minimum atomic E-state index is 0.751. The lowest BCUT2D eigenvalue weighted by molar-refractivity contribution is -0.107. The average molecular weight is 196 g/mol. The molecule has 1 nitrogen and oxygen atoms in total. The minimum Gasteiger partial charge on any atom is -0.303 e. The van der Waals surface area contributed by atoms with Gasteiger partial charge in [-0.05, 0) is 26.2 Å². The second-order valence-electron chi connectivity index (χ2n) is 3.79. The number of hydrogen-bond acceptors (Lipinski definition) is 1. The standard InChI is InChI=1S/C13H24O/c1-2-3-4-5-6-7-8-9-10-11-12-13-14/h2-3,13H,4-12H2,1H3/b3-2-. The Labute approximate surface area is 88.6 Å². The summed E-state index contributed by atoms with van der Waals surface area (Å²) in [6.45, 7) is 2.08. The van der Waals surface area contributed by atoms with E-state index in [0.29, 0.717) is 0 Å². The zero-order chi connectivity index (χ0) is 10.5. The second kappa shape index (κ2) is 12.4. The number of aldehydes is 1. The van der Waals surface area contributed by atoms with Crippen molar-refractivity contribution >= 4 is 6.29 Å². The van der Waals surface area contributed by atoms with Gasteiger partial charge in [0.05, 0.1) is 0 Å². The third-order valence-corrected chi connectivity index (χ3v) is 2.43. The van der Waals surface area contributed by atoms with Crippen LogP contribution < -0.4 is 0 Å². The molecule has 0 unspecified atom stereocenters. The molecule has 0 radical (unpaired) electrons. The van der Waals surface area contributed by atoms with Crippen molar-refractivity contribution in [2.45, 2.75) is 64.7 Å². The summed E-state index contributed by atoms with van der Waals surface area (Å²) in [6.07, 6.45) is 16.4. The van der Waals surface area contributed by atoms with Crippen LogP contribution in [0.15, 0.2) is 12.2 Å². The van der Waals surface area contributed by atoms with Gasteiger partial charge in [-0.1, -0.05) is 44.3 Å². The van der Waals surface area contributed by atoms with Gasteiger partial charge < -0.3 is 4.79 Å². The van der Waals surface area contributed by atoms with E-state index in [1.54, 1.807) is 0 Å². The molecule has 0 spiro atoms. The number of unbranched alkanes of at least 4 members (excludes halogenated alkanes) is 8. The Hall–Kier alpha value is -0.590. The number of allylic oxidation sites excluding steroid dienone is 2. The van der Waals surface area contributed by atoms with Gasteiger partial charge in [-0.3, -0.25) is 0 Å². The van der Waals surface area contributed by atoms with Crippen LogP contribution in [0.25, 0.3) is 0 Å². The highest BCUT2D eigenvalue weighted by molar-refractivity contribution is 5.48. The van der Waals surface area contributed by atoms with Gasteiger partial charge in [-0.25, -0.2) is 0 Å². The Bertz CT molecular complexity index is 138. The molecule has 0 saturated heterocycles. The van der Waals surface area contributed by atoms with Crippen LogP contribution in [-0.2, 0) is 4.79 Å². The monoisotopic (exact) mass is 196 g/mol. The third-order valence-electron chi connectivity index (χ3n) is 2.43. The van der Waals surface area contributed by atoms with Crippen molar-refractivity contribution in [2.75, 3.05) is 0 Å². The van der Waals surface area contributed by atoms with E-state index in [1.807, 2.05) is 0 Å². The Morgan fingerprint density at radius 2 is 1.29 bits per heavy atom. The van der Waals surface area contributed by atoms with Gasteiger partial charge in [0.15, 0.2) is 0 Å². The first-order valence-electron chi connectivity index (χ1n) is 5.96. The maximum absolute atomic E-state index is 10.0. The Kier molecular flexibility index (Phi) is 11.9. The first-order chi connectivity index (χ1) is 6.91. The van der Waals surface area contributed by atoms with Crippen LogP contribution >= 0.6 is 0 Å². The van der Waals surface area contributed by atoms with Crippen LogP contribution in [0.3, 0.4) is 0 Å². The number of carbonyl (C=O) groups is 1. The van der Waals surface area contributed by atoms with Gasteiger partial charge in [0.25, 0.3) is 0 Å². The molecule has 0 rings (SSSR count). The van der Waals surface area contributed by atoms with Crippen molar-refractivity contribution in [3.63, 3.8) is 0 Å². The van der Waals surface area contributed by atoms with Crippen molar-refractivity contribution in [1.82, 2.24) is 0 Å². The zero-order valence-electron chi connectivity index (χ0n) is 9.50. The molecule has 0 saturated carbocycles. The molecule has 0 atom stereocenters. The summed E-state index contributed by atoms with van der Waals surface area (Å²) in [4.78, 5) is 10.0. The van der Waals surface area contributed by atoms with Crippen molar-refractivity contribution in [1.29, 1.82) is 0 Å². The minimum absolute atomic E-state index is 0.751. The van der Waals surface area contributed by atoms with Gasteiger partial charge in [0.2, 0.25) is 0 Å². The van der Waals surface area contributed by atoms with E-state index in [0.717, 1.165) is 19.1 Å². The van der Waals surface area contributed by atoms with Gasteiger partial charge >= 0.3 is 0 Å². The van der Waals surface area contributed by atoms with E-state index in [-0.39, 0.29) is 0 Å². The Morgan fingerprint density at radius 1 is 0.786 bits per heavy atom. The fraction of sp³-hybridized carbons (Fsp3) is 0.769. The molecule has 1 heteroatoms. The fourth-order valence-corrected chi connectivity index (χ4v) is 1.54. The predicted octanol–water partition coefficient (Wildman–Crippen LogP) is 4.27. The summed E-state index contributed by atoms with van der Waals surface area (Å²) in [6, 6.07) is 0. The van der Waals surface area contributed by atoms with E-state index >= 15 is 0 Å². The van der Waals surface area contributed by atoms with E-state index < -0.39 is 0 Å². The summed E-state index contributed by atoms with van der Waals surface area (Å²) in [5.74, 6) is 0. The molecule has 14 heavy (non-hydrogen) atoms. The Balaban J connectivity index is 2.88. The molecule has 0 fully saturated rings. The molecule has 0 heterocycles. The molecule has 0 aromatic rings. The summed E-state index contributed by atoms with van der Waals surface area (Å²) in [5, 5.41) is 0. The Morgan fingerprint density at radius 3 is 1.79 bits per heavy atom. The number of carbonyl (C=O) groups excluding carboxylic acids is 1. The first-order valence-corrected chi connectivity index (χ1v) is 5.96. The van der Waals surface area contributed by atoms with Crippen LogP contribution in [0.1, 0.15) is 64.7 Å². The van der Waals surface area contributed by atoms with Crippen molar-refractivity contribution in [3.8, 4) is 0 Å². The third kappa shape index (κ3) is 11.4. The molecule has 0 aliphatic carbocycles. The largest absolute Gasteiger partial charge is 0.303 e. The fourth-order valence-electron chi connectivity index (χ4n) is 1.54. The van der Waals surface area contributed by atoms with E-state index in [4.69, 9.17) is 0 Å². The number of rotatable bonds is 10. The van der Waals surface area contributed by atoms with Crippen molar-refractivity contribution in [2.24, 2.45) is 0 Å². The highest BCUT2D eigenvalue weighted by atomic mass is 16.1. The summed E-state index contributed by atoms with van der Waals surface area (Å²) < 4.78 is 0. The van der Waals surface area contributed by atoms with E-state index in [9.17, 15) is 4.79 Å². The SMILES string of the molecule is C/C=C\CCCCCCCCCC=O. The van der Waals surface area contributed by atoms with Crippen molar-refractivity contribution < 1.29 is 4.79 Å². The molecule has 0 amide bonds. The molecule has 0 aromatic carbocycles. The van der Waals surface area contributed by atoms with Gasteiger partial charge in [0, 0.05) is 6.42 Å².